The summed E-state index contributed by atoms with van der Waals surface area (Å²) >= 11 is 0. The summed E-state index contributed by atoms with van der Waals surface area (Å²) in [5.41, 5.74) is 2.88. The molecule has 1 fully saturated rings. The molecule has 1 saturated heterocycles. The maximum Gasteiger partial charge on any atom is 0.274 e. The zero-order chi connectivity index (χ0) is 21.1. The lowest BCUT2D eigenvalue weighted by Gasteiger charge is -2.37. The van der Waals surface area contributed by atoms with Gasteiger partial charge >= 0.3 is 0 Å². The maximum atomic E-state index is 14.0. The highest BCUT2D eigenvalue weighted by molar-refractivity contribution is 5.94. The lowest BCUT2D eigenvalue weighted by Crippen LogP contribution is -2.48. The van der Waals surface area contributed by atoms with Gasteiger partial charge in [-0.1, -0.05) is 48.5 Å². The third-order valence-corrected chi connectivity index (χ3v) is 5.84. The number of hydrogen-bond donors (Lipinski definition) is 1. The minimum Gasteiger partial charge on any atom is -0.341 e. The second-order valence-electron chi connectivity index (χ2n) is 7.96. The molecule has 30 heavy (non-hydrogen) atoms. The molecule has 2 heterocycles. The molecule has 0 aliphatic carbocycles. The number of aromatic nitrogens is 2. The molecule has 1 atom stereocenters. The number of H-pyrrole nitrogens is 1. The van der Waals surface area contributed by atoms with E-state index in [-0.39, 0.29) is 17.8 Å². The van der Waals surface area contributed by atoms with Gasteiger partial charge < -0.3 is 9.88 Å². The molecule has 2 aromatic carbocycles. The van der Waals surface area contributed by atoms with Crippen molar-refractivity contribution in [3.05, 3.63) is 77.4 Å². The van der Waals surface area contributed by atoms with Crippen LogP contribution >= 0.6 is 0 Å². The van der Waals surface area contributed by atoms with Gasteiger partial charge in [-0.3, -0.25) is 9.69 Å². The minimum atomic E-state index is -0.176. The fraction of sp³-hybridized carbons (Fsp3) is 0.333. The number of likely N-dealkylation sites (tertiary alicyclic amines) is 1. The van der Waals surface area contributed by atoms with Gasteiger partial charge in [-0.2, -0.15) is 0 Å². The fourth-order valence-corrected chi connectivity index (χ4v) is 4.09. The van der Waals surface area contributed by atoms with E-state index in [1.54, 1.807) is 11.0 Å². The molecule has 0 unspecified atom stereocenters. The van der Waals surface area contributed by atoms with Crippen LogP contribution in [0.5, 0.6) is 0 Å². The standard InChI is InChI=1S/C24H27FN4O/c1-17-22(27-23(26-17)18-9-4-3-5-10-18)24(30)28(2)20-12-8-14-29(16-20)15-19-11-6-7-13-21(19)25/h3-7,9-11,13,20H,8,12,14-16H2,1-2H3,(H,26,27)/t20-/m0/s1. The van der Waals surface area contributed by atoms with E-state index in [0.29, 0.717) is 23.6 Å². The van der Waals surface area contributed by atoms with E-state index in [0.717, 1.165) is 37.2 Å². The lowest BCUT2D eigenvalue weighted by molar-refractivity contribution is 0.0602. The molecule has 3 aromatic rings. The number of imidazole rings is 1. The molecule has 0 saturated carbocycles. The van der Waals surface area contributed by atoms with Gasteiger partial charge in [-0.15, -0.1) is 0 Å². The smallest absolute Gasteiger partial charge is 0.274 e. The number of rotatable bonds is 5. The van der Waals surface area contributed by atoms with Crippen molar-refractivity contribution < 1.29 is 9.18 Å². The van der Waals surface area contributed by atoms with Gasteiger partial charge in [-0.05, 0) is 32.4 Å². The number of aryl methyl sites for hydroxylation is 1. The van der Waals surface area contributed by atoms with Crippen LogP contribution in [-0.4, -0.2) is 51.9 Å². The van der Waals surface area contributed by atoms with Crippen molar-refractivity contribution in [2.24, 2.45) is 0 Å². The number of nitrogens with one attached hydrogen (secondary N) is 1. The predicted molar refractivity (Wildman–Crippen MR) is 116 cm³/mol. The van der Waals surface area contributed by atoms with Gasteiger partial charge in [0, 0.05) is 43.0 Å². The number of hydrogen-bond acceptors (Lipinski definition) is 3. The average Bonchev–Trinajstić information content (AvgIpc) is 3.17. The molecule has 1 aliphatic heterocycles. The molecule has 1 N–H and O–H groups in total. The highest BCUT2D eigenvalue weighted by Crippen LogP contribution is 2.22. The topological polar surface area (TPSA) is 52.2 Å². The number of amides is 1. The molecule has 1 aliphatic rings. The molecule has 1 amide bonds. The number of aromatic amines is 1. The van der Waals surface area contributed by atoms with E-state index >= 15 is 0 Å². The van der Waals surface area contributed by atoms with Gasteiger partial charge in [0.15, 0.2) is 0 Å². The molecule has 5 nitrogen and oxygen atoms in total. The summed E-state index contributed by atoms with van der Waals surface area (Å²) in [6, 6.07) is 16.8. The van der Waals surface area contributed by atoms with Crippen molar-refractivity contribution in [3.8, 4) is 11.4 Å². The molecular formula is C24H27FN4O. The highest BCUT2D eigenvalue weighted by atomic mass is 19.1. The number of nitrogens with zero attached hydrogens (tertiary/aromatic N) is 3. The van der Waals surface area contributed by atoms with Crippen LogP contribution in [0, 0.1) is 12.7 Å². The summed E-state index contributed by atoms with van der Waals surface area (Å²) in [7, 11) is 1.84. The first-order valence-corrected chi connectivity index (χ1v) is 10.4. The monoisotopic (exact) mass is 406 g/mol. The van der Waals surface area contributed by atoms with Crippen LogP contribution in [0.4, 0.5) is 4.39 Å². The first kappa shape index (κ1) is 20.3. The van der Waals surface area contributed by atoms with Gasteiger partial charge in [0.1, 0.15) is 17.3 Å². The molecule has 156 valence electrons. The SMILES string of the molecule is Cc1[nH]c(-c2ccccc2)nc1C(=O)N(C)[C@H]1CCCN(Cc2ccccc2F)C1. The van der Waals surface area contributed by atoms with Gasteiger partial charge in [0.05, 0.1) is 0 Å². The fourth-order valence-electron chi connectivity index (χ4n) is 4.09. The minimum absolute atomic E-state index is 0.0781. The van der Waals surface area contributed by atoms with Crippen molar-refractivity contribution >= 4 is 5.91 Å². The third-order valence-electron chi connectivity index (χ3n) is 5.84. The zero-order valence-corrected chi connectivity index (χ0v) is 17.4. The lowest BCUT2D eigenvalue weighted by atomic mass is 10.0. The van der Waals surface area contributed by atoms with E-state index in [1.807, 2.05) is 56.4 Å². The second kappa shape index (κ2) is 8.79. The Bertz CT molecular complexity index is 1020. The number of likely N-dealkylation sites (N-methyl/N-ethyl adjacent to an activating group) is 1. The summed E-state index contributed by atoms with van der Waals surface area (Å²) in [4.78, 5) is 25.0. The Labute approximate surface area is 176 Å². The second-order valence-corrected chi connectivity index (χ2v) is 7.96. The maximum absolute atomic E-state index is 14.0. The van der Waals surface area contributed by atoms with Crippen LogP contribution in [0.2, 0.25) is 0 Å². The van der Waals surface area contributed by atoms with E-state index in [9.17, 15) is 9.18 Å². The highest BCUT2D eigenvalue weighted by Gasteiger charge is 2.29. The molecule has 6 heteroatoms. The van der Waals surface area contributed by atoms with E-state index in [2.05, 4.69) is 14.9 Å². The summed E-state index contributed by atoms with van der Waals surface area (Å²) in [5.74, 6) is 0.447. The van der Waals surface area contributed by atoms with Crippen molar-refractivity contribution in [3.63, 3.8) is 0 Å². The van der Waals surface area contributed by atoms with Crippen molar-refractivity contribution in [2.45, 2.75) is 32.4 Å². The molecule has 0 bridgehead atoms. The van der Waals surface area contributed by atoms with E-state index in [1.165, 1.54) is 6.07 Å². The van der Waals surface area contributed by atoms with E-state index in [4.69, 9.17) is 0 Å². The summed E-state index contributed by atoms with van der Waals surface area (Å²) in [5, 5.41) is 0. The molecule has 4 rings (SSSR count). The van der Waals surface area contributed by atoms with Crippen LogP contribution in [0.15, 0.2) is 54.6 Å². The average molecular weight is 407 g/mol. The number of carbonyl (C=O) groups excluding carboxylic acids is 1. The zero-order valence-electron chi connectivity index (χ0n) is 17.4. The quantitative estimate of drug-likeness (QED) is 0.689. The van der Waals surface area contributed by atoms with Crippen LogP contribution in [-0.2, 0) is 6.54 Å². The van der Waals surface area contributed by atoms with Crippen molar-refractivity contribution in [1.82, 2.24) is 19.8 Å². The number of carbonyl (C=O) groups is 1. The van der Waals surface area contributed by atoms with Crippen molar-refractivity contribution in [2.75, 3.05) is 20.1 Å². The van der Waals surface area contributed by atoms with E-state index < -0.39 is 0 Å². The Hall–Kier alpha value is -2.99. The summed E-state index contributed by atoms with van der Waals surface area (Å²) in [6.07, 6.45) is 1.91. The molecule has 1 aromatic heterocycles. The Morgan fingerprint density at radius 3 is 2.70 bits per heavy atom. The number of piperidine rings is 1. The predicted octanol–water partition coefficient (Wildman–Crippen LogP) is 4.26. The largest absolute Gasteiger partial charge is 0.341 e. The van der Waals surface area contributed by atoms with Gasteiger partial charge in [0.25, 0.3) is 5.91 Å². The molecule has 0 spiro atoms. The van der Waals surface area contributed by atoms with Gasteiger partial charge in [0.2, 0.25) is 0 Å². The Balaban J connectivity index is 1.46. The summed E-state index contributed by atoms with van der Waals surface area (Å²) in [6.45, 7) is 4.08. The Kier molecular flexibility index (Phi) is 5.95. The number of benzene rings is 2. The third kappa shape index (κ3) is 4.28. The Morgan fingerprint density at radius 2 is 1.93 bits per heavy atom. The van der Waals surface area contributed by atoms with Crippen LogP contribution in [0.25, 0.3) is 11.4 Å². The van der Waals surface area contributed by atoms with Crippen LogP contribution < -0.4 is 0 Å². The van der Waals surface area contributed by atoms with Crippen LogP contribution in [0.3, 0.4) is 0 Å². The summed E-state index contributed by atoms with van der Waals surface area (Å²) < 4.78 is 14.0. The first-order valence-electron chi connectivity index (χ1n) is 10.4. The normalized spacial score (nSPS) is 17.1. The number of halogens is 1. The molecular weight excluding hydrogens is 379 g/mol. The molecule has 0 radical (unpaired) electrons. The first-order chi connectivity index (χ1) is 14.5. The van der Waals surface area contributed by atoms with Crippen LogP contribution in [0.1, 0.15) is 34.6 Å². The van der Waals surface area contributed by atoms with Crippen molar-refractivity contribution in [1.29, 1.82) is 0 Å². The Morgan fingerprint density at radius 1 is 1.20 bits per heavy atom. The van der Waals surface area contributed by atoms with Gasteiger partial charge in [-0.25, -0.2) is 9.37 Å².